The smallest absolute Gasteiger partial charge is 0.273 e. The molecule has 7 nitrogen and oxygen atoms in total. The molecule has 9 heteroatoms. The van der Waals surface area contributed by atoms with E-state index in [2.05, 4.69) is 15.5 Å². The molecule has 2 atom stereocenters. The summed E-state index contributed by atoms with van der Waals surface area (Å²) in [5, 5.41) is 8.88. The van der Waals surface area contributed by atoms with Crippen LogP contribution in [0, 0.1) is 6.92 Å². The highest BCUT2D eigenvalue weighted by Crippen LogP contribution is 2.22. The molecule has 2 rings (SSSR count). The van der Waals surface area contributed by atoms with Crippen LogP contribution < -0.4 is 5.32 Å². The van der Waals surface area contributed by atoms with E-state index in [9.17, 15) is 13.2 Å². The lowest BCUT2D eigenvalue weighted by Gasteiger charge is -2.19. The number of hydrogen-bond acceptors (Lipinski definition) is 5. The molecule has 112 valence electrons. The first-order valence-corrected chi connectivity index (χ1v) is 8.53. The first kappa shape index (κ1) is 15.3. The Kier molecular flexibility index (Phi) is 4.36. The number of carbonyl (C=O) groups is 1. The van der Waals surface area contributed by atoms with Crippen molar-refractivity contribution in [2.45, 2.75) is 43.7 Å². The predicted octanol–water partition coefficient (Wildman–Crippen LogP) is 0.943. The zero-order valence-corrected chi connectivity index (χ0v) is 12.7. The van der Waals surface area contributed by atoms with Crippen LogP contribution in [0.3, 0.4) is 0 Å². The molecular formula is C11H16ClN3O4S. The minimum atomic E-state index is -4.03. The van der Waals surface area contributed by atoms with Crippen molar-refractivity contribution in [3.8, 4) is 0 Å². The van der Waals surface area contributed by atoms with E-state index in [4.69, 9.17) is 15.4 Å². The highest BCUT2D eigenvalue weighted by atomic mass is 35.7. The van der Waals surface area contributed by atoms with Crippen molar-refractivity contribution >= 4 is 25.6 Å². The Bertz CT molecular complexity index is 607. The molecule has 0 bridgehead atoms. The topological polar surface area (TPSA) is 101 Å². The number of hydrogen-bond donors (Lipinski definition) is 2. The van der Waals surface area contributed by atoms with Crippen LogP contribution in [0.25, 0.3) is 0 Å². The molecule has 0 aliphatic carbocycles. The van der Waals surface area contributed by atoms with Gasteiger partial charge in [0, 0.05) is 17.3 Å². The molecule has 1 fully saturated rings. The quantitative estimate of drug-likeness (QED) is 0.804. The summed E-state index contributed by atoms with van der Waals surface area (Å²) in [5.74, 6) is -0.587. The van der Waals surface area contributed by atoms with Crippen molar-refractivity contribution in [2.24, 2.45) is 0 Å². The fourth-order valence-corrected chi connectivity index (χ4v) is 3.58. The summed E-state index contributed by atoms with van der Waals surface area (Å²) in [5.41, 5.74) is 0.0114. The second-order valence-electron chi connectivity index (χ2n) is 4.78. The Balaban J connectivity index is 2.18. The third-order valence-corrected chi connectivity index (χ3v) is 4.68. The summed E-state index contributed by atoms with van der Waals surface area (Å²) >= 11 is 0. The van der Waals surface area contributed by atoms with Gasteiger partial charge in [0.15, 0.2) is 5.69 Å². The lowest BCUT2D eigenvalue weighted by atomic mass is 10.1. The highest BCUT2D eigenvalue weighted by molar-refractivity contribution is 8.13. The van der Waals surface area contributed by atoms with Crippen LogP contribution in [0.2, 0.25) is 0 Å². The standard InChI is InChI=1S/C11H16ClN3O4S/c1-6(8-4-3-5-19-8)13-11(16)9-10(20(12,17)18)7(2)14-15-9/h6,8H,3-5H2,1-2H3,(H,13,16)(H,14,15). The van der Waals surface area contributed by atoms with Gasteiger partial charge in [-0.05, 0) is 26.7 Å². The second kappa shape index (κ2) is 5.71. The zero-order valence-electron chi connectivity index (χ0n) is 11.1. The number of carbonyl (C=O) groups excluding carboxylic acids is 1. The molecule has 1 aliphatic rings. The maximum absolute atomic E-state index is 12.1. The molecule has 0 radical (unpaired) electrons. The van der Waals surface area contributed by atoms with Crippen LogP contribution in [0.1, 0.15) is 35.9 Å². The summed E-state index contributed by atoms with van der Waals surface area (Å²) in [6.07, 6.45) is 1.75. The number of nitrogens with zero attached hydrogens (tertiary/aromatic N) is 1. The van der Waals surface area contributed by atoms with Gasteiger partial charge in [-0.15, -0.1) is 0 Å². The summed E-state index contributed by atoms with van der Waals surface area (Å²) in [6.45, 7) is 3.97. The van der Waals surface area contributed by atoms with Crippen LogP contribution >= 0.6 is 10.7 Å². The van der Waals surface area contributed by atoms with E-state index in [1.165, 1.54) is 6.92 Å². The number of nitrogens with one attached hydrogen (secondary N) is 2. The number of aryl methyl sites for hydroxylation is 1. The normalized spacial score (nSPS) is 20.9. The van der Waals surface area contributed by atoms with Crippen molar-refractivity contribution in [2.75, 3.05) is 6.61 Å². The molecule has 2 heterocycles. The molecule has 1 aromatic rings. The first-order valence-electron chi connectivity index (χ1n) is 6.23. The number of aromatic amines is 1. The fraction of sp³-hybridized carbons (Fsp3) is 0.636. The molecule has 1 saturated heterocycles. The monoisotopic (exact) mass is 321 g/mol. The van der Waals surface area contributed by atoms with E-state index in [0.29, 0.717) is 6.61 Å². The molecule has 0 spiro atoms. The van der Waals surface area contributed by atoms with Crippen LogP contribution in [0.15, 0.2) is 4.90 Å². The van der Waals surface area contributed by atoms with Crippen molar-refractivity contribution in [3.63, 3.8) is 0 Å². The maximum Gasteiger partial charge on any atom is 0.273 e. The van der Waals surface area contributed by atoms with Gasteiger partial charge < -0.3 is 10.1 Å². The molecule has 1 aromatic heterocycles. The Labute approximate surface area is 121 Å². The molecule has 2 N–H and O–H groups in total. The molecule has 20 heavy (non-hydrogen) atoms. The van der Waals surface area contributed by atoms with E-state index >= 15 is 0 Å². The van der Waals surface area contributed by atoms with Crippen molar-refractivity contribution < 1.29 is 17.9 Å². The summed E-state index contributed by atoms with van der Waals surface area (Å²) in [4.78, 5) is 11.8. The van der Waals surface area contributed by atoms with Gasteiger partial charge >= 0.3 is 0 Å². The minimum absolute atomic E-state index is 0.0601. The summed E-state index contributed by atoms with van der Waals surface area (Å²) < 4.78 is 28.4. The predicted molar refractivity (Wildman–Crippen MR) is 72.3 cm³/mol. The molecular weight excluding hydrogens is 306 g/mol. The van der Waals surface area contributed by atoms with Crippen LogP contribution in [-0.4, -0.2) is 43.3 Å². The Morgan fingerprint density at radius 1 is 1.60 bits per heavy atom. The third kappa shape index (κ3) is 3.13. The Hall–Kier alpha value is -1.12. The highest BCUT2D eigenvalue weighted by Gasteiger charge is 2.29. The van der Waals surface area contributed by atoms with Gasteiger partial charge in [0.2, 0.25) is 0 Å². The van der Waals surface area contributed by atoms with Crippen molar-refractivity contribution in [1.29, 1.82) is 0 Å². The molecule has 1 amide bonds. The second-order valence-corrected chi connectivity index (χ2v) is 7.28. The van der Waals surface area contributed by atoms with Crippen molar-refractivity contribution in [1.82, 2.24) is 15.5 Å². The molecule has 2 unspecified atom stereocenters. The summed E-state index contributed by atoms with van der Waals surface area (Å²) in [7, 11) is 1.29. The minimum Gasteiger partial charge on any atom is -0.376 e. The average molecular weight is 322 g/mol. The third-order valence-electron chi connectivity index (χ3n) is 3.23. The fourth-order valence-electron chi connectivity index (χ4n) is 2.24. The van der Waals surface area contributed by atoms with Crippen LogP contribution in [0.5, 0.6) is 0 Å². The Morgan fingerprint density at radius 2 is 2.30 bits per heavy atom. The van der Waals surface area contributed by atoms with E-state index in [0.717, 1.165) is 12.8 Å². The largest absolute Gasteiger partial charge is 0.376 e. The SMILES string of the molecule is Cc1[nH]nc(C(=O)NC(C)C2CCCO2)c1S(=O)(=O)Cl. The van der Waals surface area contributed by atoms with Gasteiger partial charge in [-0.1, -0.05) is 0 Å². The lowest BCUT2D eigenvalue weighted by molar-refractivity contribution is 0.0707. The van der Waals surface area contributed by atoms with Gasteiger partial charge in [0.25, 0.3) is 15.0 Å². The number of aromatic nitrogens is 2. The maximum atomic E-state index is 12.1. The number of amides is 1. The van der Waals surface area contributed by atoms with Crippen LogP contribution in [-0.2, 0) is 13.8 Å². The van der Waals surface area contributed by atoms with Crippen molar-refractivity contribution in [3.05, 3.63) is 11.4 Å². The molecule has 1 aliphatic heterocycles. The van der Waals surface area contributed by atoms with E-state index in [-0.39, 0.29) is 28.4 Å². The number of rotatable bonds is 4. The van der Waals surface area contributed by atoms with Crippen LogP contribution in [0.4, 0.5) is 0 Å². The average Bonchev–Trinajstić information content (AvgIpc) is 2.95. The number of ether oxygens (including phenoxy) is 1. The zero-order chi connectivity index (χ0) is 14.9. The molecule has 0 saturated carbocycles. The van der Waals surface area contributed by atoms with E-state index < -0.39 is 15.0 Å². The van der Waals surface area contributed by atoms with Gasteiger partial charge in [-0.2, -0.15) is 5.10 Å². The summed E-state index contributed by atoms with van der Waals surface area (Å²) in [6, 6.07) is -0.229. The lowest BCUT2D eigenvalue weighted by Crippen LogP contribution is -2.41. The van der Waals surface area contributed by atoms with Gasteiger partial charge in [-0.25, -0.2) is 8.42 Å². The number of H-pyrrole nitrogens is 1. The van der Waals surface area contributed by atoms with E-state index in [1.807, 2.05) is 6.92 Å². The number of halogens is 1. The first-order chi connectivity index (χ1) is 9.30. The Morgan fingerprint density at radius 3 is 2.85 bits per heavy atom. The van der Waals surface area contributed by atoms with E-state index in [1.54, 1.807) is 0 Å². The molecule has 0 aromatic carbocycles. The van der Waals surface area contributed by atoms with Gasteiger partial charge in [0.05, 0.1) is 17.8 Å². The van der Waals surface area contributed by atoms with Gasteiger partial charge in [0.1, 0.15) is 4.90 Å². The van der Waals surface area contributed by atoms with Gasteiger partial charge in [-0.3, -0.25) is 9.89 Å².